The summed E-state index contributed by atoms with van der Waals surface area (Å²) in [4.78, 5) is 11.9. The lowest BCUT2D eigenvalue weighted by atomic mass is 10.3. The van der Waals surface area contributed by atoms with Crippen molar-refractivity contribution in [3.63, 3.8) is 0 Å². The maximum Gasteiger partial charge on any atom is 0.290 e. The molecule has 0 aliphatic rings. The molecular weight excluding hydrogens is 266 g/mol. The zero-order valence-corrected chi connectivity index (χ0v) is 10.7. The highest BCUT2D eigenvalue weighted by molar-refractivity contribution is 6.31. The second-order valence-electron chi connectivity index (χ2n) is 3.64. The molecule has 1 aromatic heterocycles. The molecule has 6 heteroatoms. The molecule has 0 fully saturated rings. The highest BCUT2D eigenvalue weighted by Gasteiger charge is 2.14. The molecule has 1 aromatic carbocycles. The highest BCUT2D eigenvalue weighted by Crippen LogP contribution is 2.19. The number of aromatic nitrogens is 2. The van der Waals surface area contributed by atoms with Crippen molar-refractivity contribution in [2.45, 2.75) is 6.92 Å². The van der Waals surface area contributed by atoms with Gasteiger partial charge in [-0.2, -0.15) is 0 Å². The molecule has 17 heavy (non-hydrogen) atoms. The fraction of sp³-hybridized carbons (Fsp3) is 0.182. The Labute approximate surface area is 107 Å². The zero-order valence-electron chi connectivity index (χ0n) is 9.17. The first-order chi connectivity index (χ1) is 7.93. The van der Waals surface area contributed by atoms with Crippen LogP contribution in [0.15, 0.2) is 23.0 Å². The molecule has 2 rings (SSSR count). The van der Waals surface area contributed by atoms with Gasteiger partial charge in [0.15, 0.2) is 0 Å². The van der Waals surface area contributed by atoms with Gasteiger partial charge in [-0.15, -0.1) is 0 Å². The topological polar surface area (TPSA) is 26.9 Å². The van der Waals surface area contributed by atoms with Gasteiger partial charge in [-0.3, -0.25) is 9.48 Å². The van der Waals surface area contributed by atoms with Crippen molar-refractivity contribution in [2.24, 2.45) is 7.05 Å². The van der Waals surface area contributed by atoms with Crippen LogP contribution in [0.2, 0.25) is 10.0 Å². The third-order valence-corrected chi connectivity index (χ3v) is 3.36. The lowest BCUT2D eigenvalue weighted by molar-refractivity contribution is 0.615. The summed E-state index contributed by atoms with van der Waals surface area (Å²) in [6.45, 7) is 1.73. The van der Waals surface area contributed by atoms with Crippen LogP contribution in [-0.2, 0) is 7.05 Å². The SMILES string of the molecule is Cc1c(Cl)c(=O)n(-c2ccc(F)c(Cl)c2)n1C. The van der Waals surface area contributed by atoms with E-state index in [1.807, 2.05) is 0 Å². The van der Waals surface area contributed by atoms with Crippen molar-refractivity contribution >= 4 is 23.2 Å². The van der Waals surface area contributed by atoms with E-state index in [1.165, 1.54) is 22.9 Å². The molecule has 0 spiro atoms. The van der Waals surface area contributed by atoms with Crippen LogP contribution in [0.25, 0.3) is 5.69 Å². The molecule has 0 unspecified atom stereocenters. The van der Waals surface area contributed by atoms with Gasteiger partial charge in [0.25, 0.3) is 5.56 Å². The van der Waals surface area contributed by atoms with Gasteiger partial charge in [0.2, 0.25) is 0 Å². The fourth-order valence-corrected chi connectivity index (χ4v) is 1.96. The van der Waals surface area contributed by atoms with Crippen molar-refractivity contribution in [1.82, 2.24) is 9.36 Å². The second-order valence-corrected chi connectivity index (χ2v) is 4.42. The molecule has 90 valence electrons. The Morgan fingerprint density at radius 2 is 1.94 bits per heavy atom. The van der Waals surface area contributed by atoms with Gasteiger partial charge in [0, 0.05) is 7.05 Å². The Balaban J connectivity index is 2.73. The summed E-state index contributed by atoms with van der Waals surface area (Å²) >= 11 is 11.5. The molecule has 0 aliphatic heterocycles. The molecule has 3 nitrogen and oxygen atoms in total. The second kappa shape index (κ2) is 4.20. The van der Waals surface area contributed by atoms with Crippen molar-refractivity contribution in [3.8, 4) is 5.69 Å². The Morgan fingerprint density at radius 1 is 1.29 bits per heavy atom. The van der Waals surface area contributed by atoms with E-state index in [9.17, 15) is 9.18 Å². The summed E-state index contributed by atoms with van der Waals surface area (Å²) in [5.41, 5.74) is 0.755. The van der Waals surface area contributed by atoms with Gasteiger partial charge in [-0.05, 0) is 25.1 Å². The average Bonchev–Trinajstić information content (AvgIpc) is 2.48. The number of halogens is 3. The quantitative estimate of drug-likeness (QED) is 0.786. The predicted molar refractivity (Wildman–Crippen MR) is 65.7 cm³/mol. The third-order valence-electron chi connectivity index (χ3n) is 2.63. The van der Waals surface area contributed by atoms with E-state index >= 15 is 0 Å². The van der Waals surface area contributed by atoms with E-state index in [4.69, 9.17) is 23.2 Å². The number of benzene rings is 1. The molecule has 0 amide bonds. The molecule has 1 heterocycles. The van der Waals surface area contributed by atoms with E-state index in [0.717, 1.165) is 0 Å². The Bertz CT molecular complexity index is 646. The molecule has 0 N–H and O–H groups in total. The Hall–Kier alpha value is -1.26. The summed E-state index contributed by atoms with van der Waals surface area (Å²) in [5, 5.41) is 0.109. The van der Waals surface area contributed by atoms with Crippen LogP contribution in [0.3, 0.4) is 0 Å². The van der Waals surface area contributed by atoms with Gasteiger partial charge in [0.1, 0.15) is 10.8 Å². The zero-order chi connectivity index (χ0) is 12.7. The van der Waals surface area contributed by atoms with Crippen LogP contribution < -0.4 is 5.56 Å². The monoisotopic (exact) mass is 274 g/mol. The number of nitrogens with zero attached hydrogens (tertiary/aromatic N) is 2. The van der Waals surface area contributed by atoms with E-state index in [2.05, 4.69) is 0 Å². The number of rotatable bonds is 1. The van der Waals surface area contributed by atoms with Crippen LogP contribution in [-0.4, -0.2) is 9.36 Å². The molecule has 0 saturated carbocycles. The summed E-state index contributed by atoms with van der Waals surface area (Å²) in [6.07, 6.45) is 0. The maximum atomic E-state index is 13.0. The standard InChI is InChI=1S/C11H9Cl2FN2O/c1-6-10(13)11(17)16(15(6)2)7-3-4-9(14)8(12)5-7/h3-5H,1-2H3. The minimum absolute atomic E-state index is 0.0376. The maximum absolute atomic E-state index is 13.0. The van der Waals surface area contributed by atoms with Crippen molar-refractivity contribution < 1.29 is 4.39 Å². The third kappa shape index (κ3) is 1.87. The number of hydrogen-bond acceptors (Lipinski definition) is 1. The average molecular weight is 275 g/mol. The van der Waals surface area contributed by atoms with Gasteiger partial charge in [-0.1, -0.05) is 23.2 Å². The molecule has 0 radical (unpaired) electrons. The van der Waals surface area contributed by atoms with Crippen LogP contribution >= 0.6 is 23.2 Å². The van der Waals surface area contributed by atoms with Crippen LogP contribution in [0.4, 0.5) is 4.39 Å². The molecule has 0 bridgehead atoms. The van der Waals surface area contributed by atoms with E-state index in [1.54, 1.807) is 18.7 Å². The normalized spacial score (nSPS) is 10.9. The Kier molecular flexibility index (Phi) is 3.02. The fourth-order valence-electron chi connectivity index (χ4n) is 1.58. The van der Waals surface area contributed by atoms with E-state index in [0.29, 0.717) is 11.4 Å². The first-order valence-electron chi connectivity index (χ1n) is 4.83. The van der Waals surface area contributed by atoms with Crippen molar-refractivity contribution in [1.29, 1.82) is 0 Å². The van der Waals surface area contributed by atoms with Crippen molar-refractivity contribution in [3.05, 3.63) is 50.1 Å². The smallest absolute Gasteiger partial charge is 0.284 e. The van der Waals surface area contributed by atoms with Crippen molar-refractivity contribution in [2.75, 3.05) is 0 Å². The summed E-state index contributed by atoms with van der Waals surface area (Å²) in [5.74, 6) is -0.527. The van der Waals surface area contributed by atoms with Gasteiger partial charge < -0.3 is 0 Å². The van der Waals surface area contributed by atoms with Gasteiger partial charge >= 0.3 is 0 Å². The minimum Gasteiger partial charge on any atom is -0.284 e. The molecule has 2 aromatic rings. The number of hydrogen-bond donors (Lipinski definition) is 0. The lowest BCUT2D eigenvalue weighted by Crippen LogP contribution is -2.19. The summed E-state index contributed by atoms with van der Waals surface area (Å²) < 4.78 is 16.0. The van der Waals surface area contributed by atoms with Crippen LogP contribution in [0.1, 0.15) is 5.69 Å². The first kappa shape index (κ1) is 12.2. The van der Waals surface area contributed by atoms with Crippen LogP contribution in [0, 0.1) is 12.7 Å². The molecule has 0 aliphatic carbocycles. The van der Waals surface area contributed by atoms with Gasteiger partial charge in [-0.25, -0.2) is 9.07 Å². The van der Waals surface area contributed by atoms with Gasteiger partial charge in [0.05, 0.1) is 16.4 Å². The summed E-state index contributed by atoms with van der Waals surface area (Å²) in [6, 6.07) is 4.06. The molecular formula is C11H9Cl2FN2O. The molecule has 0 atom stereocenters. The first-order valence-corrected chi connectivity index (χ1v) is 5.58. The highest BCUT2D eigenvalue weighted by atomic mass is 35.5. The van der Waals surface area contributed by atoms with Crippen LogP contribution in [0.5, 0.6) is 0 Å². The van der Waals surface area contributed by atoms with E-state index < -0.39 is 5.82 Å². The minimum atomic E-state index is -0.527. The summed E-state index contributed by atoms with van der Waals surface area (Å²) in [7, 11) is 1.69. The molecule has 0 saturated heterocycles. The van der Waals surface area contributed by atoms with E-state index in [-0.39, 0.29) is 15.6 Å². The Morgan fingerprint density at radius 3 is 2.41 bits per heavy atom. The largest absolute Gasteiger partial charge is 0.290 e. The predicted octanol–water partition coefficient (Wildman–Crippen LogP) is 2.93. The lowest BCUT2D eigenvalue weighted by Gasteiger charge is -2.08.